The molecule has 3 saturated heterocycles. The summed E-state index contributed by atoms with van der Waals surface area (Å²) in [4.78, 5) is 13.4. The lowest BCUT2D eigenvalue weighted by Crippen LogP contribution is -2.66. The van der Waals surface area contributed by atoms with Gasteiger partial charge in [-0.25, -0.2) is 0 Å². The van der Waals surface area contributed by atoms with E-state index in [9.17, 15) is 61.0 Å². The van der Waals surface area contributed by atoms with Crippen LogP contribution in [0.15, 0.2) is 122 Å². The van der Waals surface area contributed by atoms with E-state index in [4.69, 9.17) is 28.4 Å². The van der Waals surface area contributed by atoms with Gasteiger partial charge < -0.3 is 89.9 Å². The van der Waals surface area contributed by atoms with Crippen molar-refractivity contribution in [2.75, 3.05) is 26.4 Å². The molecule has 17 unspecified atom stereocenters. The van der Waals surface area contributed by atoms with E-state index in [-0.39, 0.29) is 18.9 Å². The summed E-state index contributed by atoms with van der Waals surface area (Å²) in [5.41, 5.74) is 0. The third-order valence-corrected chi connectivity index (χ3v) is 17.0. The summed E-state index contributed by atoms with van der Waals surface area (Å²) < 4.78 is 34.3. The summed E-state index contributed by atoms with van der Waals surface area (Å²) in [5, 5.41) is 121. The molecule has 17 atom stereocenters. The van der Waals surface area contributed by atoms with Crippen molar-refractivity contribution < 1.29 is 89.4 Å². The zero-order valence-corrected chi connectivity index (χ0v) is 56.9. The molecule has 3 aliphatic heterocycles. The van der Waals surface area contributed by atoms with Crippen LogP contribution in [0.2, 0.25) is 0 Å². The third-order valence-electron chi connectivity index (χ3n) is 17.0. The zero-order valence-electron chi connectivity index (χ0n) is 56.9. The first-order valence-corrected chi connectivity index (χ1v) is 35.8. The predicted octanol–water partition coefficient (Wildman–Crippen LogP) is 9.99. The molecular formula is C75H125NO18. The Kier molecular flexibility index (Phi) is 49.5. The van der Waals surface area contributed by atoms with E-state index in [1.54, 1.807) is 6.08 Å². The molecule has 1 amide bonds. The van der Waals surface area contributed by atoms with Gasteiger partial charge in [0, 0.05) is 6.42 Å². The van der Waals surface area contributed by atoms with Gasteiger partial charge in [-0.05, 0) is 96.3 Å². The van der Waals surface area contributed by atoms with Crippen molar-refractivity contribution >= 4 is 5.91 Å². The molecule has 0 radical (unpaired) electrons. The first-order valence-electron chi connectivity index (χ1n) is 35.8. The predicted molar refractivity (Wildman–Crippen MR) is 369 cm³/mol. The number of unbranched alkanes of at least 4 members (excludes halogenated alkanes) is 19. The van der Waals surface area contributed by atoms with Crippen LogP contribution in [0.25, 0.3) is 0 Å². The van der Waals surface area contributed by atoms with Crippen molar-refractivity contribution in [3.05, 3.63) is 122 Å². The van der Waals surface area contributed by atoms with Crippen molar-refractivity contribution in [1.29, 1.82) is 0 Å². The second-order valence-electron chi connectivity index (χ2n) is 25.0. The number of carbonyl (C=O) groups excluding carboxylic acids is 1. The van der Waals surface area contributed by atoms with Gasteiger partial charge in [0.25, 0.3) is 0 Å². The molecule has 3 rings (SSSR count). The highest BCUT2D eigenvalue weighted by Gasteiger charge is 2.53. The van der Waals surface area contributed by atoms with Crippen LogP contribution < -0.4 is 5.32 Å². The molecule has 0 aliphatic carbocycles. The number of rotatable bonds is 53. The van der Waals surface area contributed by atoms with Gasteiger partial charge in [0.1, 0.15) is 73.2 Å². The van der Waals surface area contributed by atoms with Crippen LogP contribution in [0.4, 0.5) is 0 Å². The number of hydrogen-bond donors (Lipinski definition) is 12. The Bertz CT molecular complexity index is 2180. The second-order valence-corrected chi connectivity index (χ2v) is 25.0. The van der Waals surface area contributed by atoms with Crippen LogP contribution in [0.1, 0.15) is 213 Å². The van der Waals surface area contributed by atoms with Gasteiger partial charge in [0.05, 0.1) is 38.6 Å². The molecular weight excluding hydrogens is 1200 g/mol. The topological polar surface area (TPSA) is 307 Å². The molecule has 3 aliphatic rings. The summed E-state index contributed by atoms with van der Waals surface area (Å²) in [5.74, 6) is -0.305. The number of aliphatic hydroxyl groups is 11. The highest BCUT2D eigenvalue weighted by Crippen LogP contribution is 2.33. The van der Waals surface area contributed by atoms with Gasteiger partial charge in [0.15, 0.2) is 18.9 Å². The van der Waals surface area contributed by atoms with Gasteiger partial charge in [-0.3, -0.25) is 4.79 Å². The highest BCUT2D eigenvalue weighted by atomic mass is 16.8. The van der Waals surface area contributed by atoms with Gasteiger partial charge in [-0.15, -0.1) is 0 Å². The van der Waals surface area contributed by atoms with Gasteiger partial charge in [-0.2, -0.15) is 0 Å². The maximum absolute atomic E-state index is 13.4. The fraction of sp³-hybridized carbons (Fsp3) is 0.720. The van der Waals surface area contributed by atoms with E-state index >= 15 is 0 Å². The fourth-order valence-electron chi connectivity index (χ4n) is 11.2. The lowest BCUT2D eigenvalue weighted by molar-refractivity contribution is -0.379. The van der Waals surface area contributed by atoms with E-state index in [1.165, 1.54) is 70.6 Å². The summed E-state index contributed by atoms with van der Waals surface area (Å²) in [6.45, 7) is 1.57. The van der Waals surface area contributed by atoms with Crippen molar-refractivity contribution in [3.63, 3.8) is 0 Å². The maximum Gasteiger partial charge on any atom is 0.220 e. The minimum absolute atomic E-state index is 0.210. The monoisotopic (exact) mass is 1330 g/mol. The fourth-order valence-corrected chi connectivity index (χ4v) is 11.2. The molecule has 19 nitrogen and oxygen atoms in total. The lowest BCUT2D eigenvalue weighted by atomic mass is 9.96. The summed E-state index contributed by atoms with van der Waals surface area (Å²) >= 11 is 0. The molecule has 0 spiro atoms. The third kappa shape index (κ3) is 36.1. The van der Waals surface area contributed by atoms with Crippen LogP contribution in [0.5, 0.6) is 0 Å². The Balaban J connectivity index is 1.43. The van der Waals surface area contributed by atoms with Gasteiger partial charge in [0.2, 0.25) is 5.91 Å². The normalized spacial score (nSPS) is 28.1. The van der Waals surface area contributed by atoms with Crippen LogP contribution in [0.3, 0.4) is 0 Å². The Morgan fingerprint density at radius 2 is 0.745 bits per heavy atom. The van der Waals surface area contributed by atoms with Crippen molar-refractivity contribution in [1.82, 2.24) is 5.32 Å². The molecule has 94 heavy (non-hydrogen) atoms. The lowest BCUT2D eigenvalue weighted by Gasteiger charge is -2.48. The minimum Gasteiger partial charge on any atom is -0.394 e. The molecule has 538 valence electrons. The summed E-state index contributed by atoms with van der Waals surface area (Å²) in [6, 6.07) is -1.01. The van der Waals surface area contributed by atoms with Crippen LogP contribution >= 0.6 is 0 Å². The molecule has 0 aromatic carbocycles. The molecule has 12 N–H and O–H groups in total. The second kappa shape index (κ2) is 55.1. The number of nitrogens with one attached hydrogen (secondary N) is 1. The molecule has 0 bridgehead atoms. The quantitative estimate of drug-likeness (QED) is 0.0199. The number of ether oxygens (including phenoxy) is 6. The number of allylic oxidation sites excluding steroid dienone is 19. The Labute approximate surface area is 563 Å². The molecule has 3 heterocycles. The van der Waals surface area contributed by atoms with E-state index in [0.717, 1.165) is 109 Å². The van der Waals surface area contributed by atoms with Crippen LogP contribution in [-0.2, 0) is 33.2 Å². The number of hydrogen-bond acceptors (Lipinski definition) is 18. The molecule has 0 saturated carbocycles. The SMILES string of the molecule is CC/C=C\C/C=C\C/C=C\C/C=C\C/C=C\C/C=C\C/C=C\C/C=C\CCCCCCCCC(=O)NC(COC1OC(CO)C(OC2OC(CO)C(OC3OC(CO)C(O)C(O)C3O)C(O)C2O)C(O)C1O)C(O)/C=C/CC/C=C/CCCCCCCCCCCCCC. The first kappa shape index (κ1) is 84.4. The van der Waals surface area contributed by atoms with Crippen molar-refractivity contribution in [2.45, 2.75) is 317 Å². The van der Waals surface area contributed by atoms with E-state index in [2.05, 4.69) is 129 Å². The van der Waals surface area contributed by atoms with Gasteiger partial charge in [-0.1, -0.05) is 232 Å². The van der Waals surface area contributed by atoms with Gasteiger partial charge >= 0.3 is 0 Å². The number of amides is 1. The molecule has 0 aromatic rings. The first-order chi connectivity index (χ1) is 45.8. The minimum atomic E-state index is -1.99. The van der Waals surface area contributed by atoms with Crippen LogP contribution in [0, 0.1) is 0 Å². The standard InChI is InChI=1S/C75H125NO18/c1-3-5-7-9-11-13-15-17-19-21-23-24-25-26-27-28-29-30-31-32-33-34-35-37-39-41-43-45-47-49-51-53-63(81)76-58(59(80)52-50-48-46-44-42-40-38-36-22-20-18-16-14-12-10-8-6-4-2)57-89-73-69(87)66(84)71(61(55-78)91-73)94-75-70(88)67(85)72(62(56-79)92-75)93-74-68(86)65(83)64(82)60(54-77)90-74/h5,7,11,13,17,19,23-24,26-27,29-30,32-33,35,37,42,44,50,52,58-62,64-75,77-80,82-88H,3-4,6,8-10,12,14-16,18,20-22,25,28,31,34,36,38-41,43,45-49,51,53-57H2,1-2H3,(H,76,81)/b7-5-,13-11-,19-17-,24-23-,27-26-,30-29-,33-32-,37-35-,44-42+,52-50+. The Hall–Kier alpha value is -3.81. The number of carbonyl (C=O) groups is 1. The maximum atomic E-state index is 13.4. The van der Waals surface area contributed by atoms with Crippen LogP contribution in [-0.4, -0.2) is 193 Å². The molecule has 19 heteroatoms. The smallest absolute Gasteiger partial charge is 0.220 e. The Morgan fingerprint density at radius 1 is 0.394 bits per heavy atom. The van der Waals surface area contributed by atoms with Crippen molar-refractivity contribution in [3.8, 4) is 0 Å². The number of aliphatic hydroxyl groups excluding tert-OH is 11. The van der Waals surface area contributed by atoms with Crippen molar-refractivity contribution in [2.24, 2.45) is 0 Å². The Morgan fingerprint density at radius 3 is 1.19 bits per heavy atom. The summed E-state index contributed by atoms with van der Waals surface area (Å²) in [6.07, 6.45) is 48.8. The largest absolute Gasteiger partial charge is 0.394 e. The molecule has 0 aromatic heterocycles. The average Bonchev–Trinajstić information content (AvgIpc) is 0.787. The van der Waals surface area contributed by atoms with E-state index < -0.39 is 124 Å². The zero-order chi connectivity index (χ0) is 68.2. The highest BCUT2D eigenvalue weighted by molar-refractivity contribution is 5.76. The van der Waals surface area contributed by atoms with E-state index in [0.29, 0.717) is 12.8 Å². The summed E-state index contributed by atoms with van der Waals surface area (Å²) in [7, 11) is 0. The average molecular weight is 1330 g/mol. The van der Waals surface area contributed by atoms with E-state index in [1.807, 2.05) is 6.08 Å². The molecule has 3 fully saturated rings.